The van der Waals surface area contributed by atoms with E-state index in [-0.39, 0.29) is 23.6 Å². The van der Waals surface area contributed by atoms with Crippen LogP contribution in [0.15, 0.2) is 70.6 Å². The summed E-state index contributed by atoms with van der Waals surface area (Å²) in [6, 6.07) is 19.6. The number of ether oxygens (including phenoxy) is 2. The molecule has 6 nitrogen and oxygen atoms in total. The zero-order valence-corrected chi connectivity index (χ0v) is 22.1. The minimum Gasteiger partial charge on any atom is -0.506 e. The smallest absolute Gasteiger partial charge is 0.220 e. The fourth-order valence-electron chi connectivity index (χ4n) is 5.26. The van der Waals surface area contributed by atoms with E-state index in [9.17, 15) is 10.2 Å². The Bertz CT molecular complexity index is 1500. The molecule has 0 saturated heterocycles. The Hall–Kier alpha value is -4.06. The highest BCUT2D eigenvalue weighted by Gasteiger charge is 2.30. The highest BCUT2D eigenvalue weighted by atomic mass is 16.5. The predicted molar refractivity (Wildman–Crippen MR) is 152 cm³/mol. The molecule has 0 amide bonds. The molecule has 0 fully saturated rings. The Balaban J connectivity index is 1.65. The molecule has 4 aromatic rings. The van der Waals surface area contributed by atoms with E-state index in [1.165, 1.54) is 0 Å². The van der Waals surface area contributed by atoms with Gasteiger partial charge in [0.05, 0.1) is 23.2 Å². The minimum absolute atomic E-state index is 0.0267. The summed E-state index contributed by atoms with van der Waals surface area (Å²) in [5, 5.41) is 27.2. The summed E-state index contributed by atoms with van der Waals surface area (Å²) in [7, 11) is 0. The lowest BCUT2D eigenvalue weighted by atomic mass is 9.88. The summed E-state index contributed by atoms with van der Waals surface area (Å²) in [4.78, 5) is 9.57. The Morgan fingerprint density at radius 3 is 1.42 bits per heavy atom. The molecule has 2 aliphatic heterocycles. The van der Waals surface area contributed by atoms with Gasteiger partial charge in [0.25, 0.3) is 0 Å². The number of phenolic OH excluding ortho intramolecular Hbond substituents is 2. The molecule has 2 aliphatic rings. The number of phenols is 2. The molecule has 194 valence electrons. The van der Waals surface area contributed by atoms with Crippen LogP contribution in [0.3, 0.4) is 0 Å². The monoisotopic (exact) mass is 508 g/mol. The lowest BCUT2D eigenvalue weighted by molar-refractivity contribution is 0.291. The van der Waals surface area contributed by atoms with Crippen LogP contribution in [0, 0.1) is 11.8 Å². The van der Waals surface area contributed by atoms with Crippen LogP contribution in [0.5, 0.6) is 11.5 Å². The quantitative estimate of drug-likeness (QED) is 0.315. The van der Waals surface area contributed by atoms with Gasteiger partial charge in [0.15, 0.2) is 0 Å². The van der Waals surface area contributed by atoms with Crippen molar-refractivity contribution in [2.45, 2.75) is 39.8 Å². The first-order valence-electron chi connectivity index (χ1n) is 13.2. The summed E-state index contributed by atoms with van der Waals surface area (Å²) >= 11 is 0. The average Bonchev–Trinajstić information content (AvgIpc) is 3.60. The number of hydrogen-bond acceptors (Lipinski definition) is 6. The first-order valence-corrected chi connectivity index (χ1v) is 13.2. The Labute approximate surface area is 222 Å². The second kappa shape index (κ2) is 9.35. The van der Waals surface area contributed by atoms with Gasteiger partial charge in [0.2, 0.25) is 11.8 Å². The average molecular weight is 509 g/mol. The van der Waals surface area contributed by atoms with Gasteiger partial charge in [-0.1, -0.05) is 76.2 Å². The van der Waals surface area contributed by atoms with E-state index >= 15 is 0 Å². The third-order valence-corrected chi connectivity index (χ3v) is 7.64. The molecule has 6 rings (SSSR count). The molecule has 0 bridgehead atoms. The van der Waals surface area contributed by atoms with Gasteiger partial charge in [-0.15, -0.1) is 0 Å². The van der Waals surface area contributed by atoms with E-state index in [2.05, 4.69) is 27.7 Å². The number of rotatable bonds is 5. The van der Waals surface area contributed by atoms with Crippen LogP contribution in [0.2, 0.25) is 0 Å². The lowest BCUT2D eigenvalue weighted by Gasteiger charge is -2.18. The van der Waals surface area contributed by atoms with Crippen molar-refractivity contribution < 1.29 is 19.7 Å². The molecule has 6 heteroatoms. The van der Waals surface area contributed by atoms with Crippen molar-refractivity contribution in [2.24, 2.45) is 21.8 Å². The lowest BCUT2D eigenvalue weighted by Crippen LogP contribution is -2.13. The zero-order valence-electron chi connectivity index (χ0n) is 22.1. The summed E-state index contributed by atoms with van der Waals surface area (Å²) in [6.45, 7) is 9.40. The van der Waals surface area contributed by atoms with Gasteiger partial charge in [-0.3, -0.25) is 0 Å². The SMILES string of the molecule is CC(C)[C@H]1COC(c2cc3ccccc3c(-c3c(O)c(C4=N[C@@H](C(C)C)CO4)cc4ccccc34)c2O)=N1. The van der Waals surface area contributed by atoms with Crippen LogP contribution in [0.1, 0.15) is 38.8 Å². The number of aliphatic imine (C=N–C) groups is 2. The molecule has 4 aromatic carbocycles. The third kappa shape index (κ3) is 3.95. The van der Waals surface area contributed by atoms with Crippen LogP contribution in [0.4, 0.5) is 0 Å². The molecule has 0 aromatic heterocycles. The van der Waals surface area contributed by atoms with E-state index in [1.807, 2.05) is 60.7 Å². The van der Waals surface area contributed by atoms with Crippen molar-refractivity contribution in [1.29, 1.82) is 0 Å². The van der Waals surface area contributed by atoms with Crippen LogP contribution < -0.4 is 0 Å². The normalized spacial score (nSPS) is 19.2. The highest BCUT2D eigenvalue weighted by Crippen LogP contribution is 2.48. The van der Waals surface area contributed by atoms with Crippen molar-refractivity contribution in [3.8, 4) is 22.6 Å². The van der Waals surface area contributed by atoms with Gasteiger partial charge in [-0.05, 0) is 45.5 Å². The van der Waals surface area contributed by atoms with E-state index in [0.717, 1.165) is 21.5 Å². The number of hydrogen-bond donors (Lipinski definition) is 2. The second-order valence-corrected chi connectivity index (χ2v) is 10.9. The summed E-state index contributed by atoms with van der Waals surface area (Å²) in [5.41, 5.74) is 2.11. The van der Waals surface area contributed by atoms with E-state index in [0.29, 0.717) is 59.1 Å². The standard InChI is InChI=1S/C32H32N2O4/c1-17(2)25-15-37-31(33-25)23-13-19-9-5-7-11-21(19)27(29(23)35)28-22-12-8-6-10-20(22)14-24(30(28)36)32-34-26(16-38-32)18(3)4/h5-14,17-18,25-26,35-36H,15-16H2,1-4H3/t25-,26-/m1/s1. The van der Waals surface area contributed by atoms with Crippen LogP contribution in [0.25, 0.3) is 32.7 Å². The maximum absolute atomic E-state index is 11.8. The zero-order chi connectivity index (χ0) is 26.6. The first-order chi connectivity index (χ1) is 18.3. The molecule has 38 heavy (non-hydrogen) atoms. The van der Waals surface area contributed by atoms with Gasteiger partial charge in [0.1, 0.15) is 24.7 Å². The third-order valence-electron chi connectivity index (χ3n) is 7.64. The highest BCUT2D eigenvalue weighted by molar-refractivity contribution is 6.16. The van der Waals surface area contributed by atoms with Gasteiger partial charge in [-0.2, -0.15) is 0 Å². The molecule has 2 N–H and O–H groups in total. The second-order valence-electron chi connectivity index (χ2n) is 10.9. The molecule has 2 heterocycles. The van der Waals surface area contributed by atoms with Crippen LogP contribution >= 0.6 is 0 Å². The van der Waals surface area contributed by atoms with Crippen molar-refractivity contribution in [3.05, 3.63) is 71.8 Å². The topological polar surface area (TPSA) is 83.6 Å². The predicted octanol–water partition coefficient (Wildman–Crippen LogP) is 6.67. The fourth-order valence-corrected chi connectivity index (χ4v) is 5.26. The summed E-state index contributed by atoms with van der Waals surface area (Å²) in [5.74, 6) is 1.55. The number of benzene rings is 4. The summed E-state index contributed by atoms with van der Waals surface area (Å²) in [6.07, 6.45) is 0. The molecule has 0 spiro atoms. The minimum atomic E-state index is 0.0267. The number of aromatic hydroxyl groups is 2. The molecule has 0 saturated carbocycles. The molecular formula is C32H32N2O4. The Kier molecular flexibility index (Phi) is 5.98. The number of nitrogens with zero attached hydrogens (tertiary/aromatic N) is 2. The maximum atomic E-state index is 11.8. The van der Waals surface area contributed by atoms with Crippen molar-refractivity contribution in [3.63, 3.8) is 0 Å². The summed E-state index contributed by atoms with van der Waals surface area (Å²) < 4.78 is 12.0. The molecule has 0 aliphatic carbocycles. The number of fused-ring (bicyclic) bond motifs is 2. The molecule has 0 radical (unpaired) electrons. The molecule has 0 unspecified atom stereocenters. The van der Waals surface area contributed by atoms with Crippen molar-refractivity contribution in [1.82, 2.24) is 0 Å². The van der Waals surface area contributed by atoms with Gasteiger partial charge in [0, 0.05) is 11.1 Å². The van der Waals surface area contributed by atoms with Crippen molar-refractivity contribution >= 4 is 33.3 Å². The van der Waals surface area contributed by atoms with E-state index in [1.54, 1.807) is 0 Å². The molecular weight excluding hydrogens is 476 g/mol. The van der Waals surface area contributed by atoms with Gasteiger partial charge >= 0.3 is 0 Å². The van der Waals surface area contributed by atoms with Gasteiger partial charge < -0.3 is 19.7 Å². The van der Waals surface area contributed by atoms with Crippen LogP contribution in [-0.2, 0) is 9.47 Å². The first kappa shape index (κ1) is 24.3. The maximum Gasteiger partial charge on any atom is 0.220 e. The van der Waals surface area contributed by atoms with Crippen LogP contribution in [-0.4, -0.2) is 47.3 Å². The largest absolute Gasteiger partial charge is 0.506 e. The van der Waals surface area contributed by atoms with Gasteiger partial charge in [-0.25, -0.2) is 9.98 Å². The van der Waals surface area contributed by atoms with E-state index < -0.39 is 0 Å². The molecule has 2 atom stereocenters. The fraction of sp³-hybridized carbons (Fsp3) is 0.312. The Morgan fingerprint density at radius 2 is 1.05 bits per heavy atom. The van der Waals surface area contributed by atoms with E-state index in [4.69, 9.17) is 19.5 Å². The van der Waals surface area contributed by atoms with Crippen molar-refractivity contribution in [2.75, 3.05) is 13.2 Å². The Morgan fingerprint density at radius 1 is 0.658 bits per heavy atom.